The van der Waals surface area contributed by atoms with Crippen LogP contribution in [0.1, 0.15) is 34.1 Å². The lowest BCUT2D eigenvalue weighted by Gasteiger charge is -2.22. The second-order valence-electron chi connectivity index (χ2n) is 7.30. The van der Waals surface area contributed by atoms with Crippen LogP contribution in [0.2, 0.25) is 0 Å². The van der Waals surface area contributed by atoms with Crippen molar-refractivity contribution >= 4 is 21.6 Å². The van der Waals surface area contributed by atoms with Crippen LogP contribution in [0.3, 0.4) is 0 Å². The van der Waals surface area contributed by atoms with Crippen molar-refractivity contribution in [3.63, 3.8) is 0 Å². The van der Waals surface area contributed by atoms with Gasteiger partial charge in [0.2, 0.25) is 10.0 Å². The Balaban J connectivity index is 1.53. The van der Waals surface area contributed by atoms with Gasteiger partial charge in [-0.25, -0.2) is 23.5 Å². The number of fused-ring (bicyclic) bond motifs is 3. The quantitative estimate of drug-likeness (QED) is 0.637. The molecule has 2 atom stereocenters. The third-order valence-corrected chi connectivity index (χ3v) is 6.24. The van der Waals surface area contributed by atoms with Crippen LogP contribution in [0.5, 0.6) is 0 Å². The van der Waals surface area contributed by atoms with E-state index in [9.17, 15) is 13.2 Å². The summed E-state index contributed by atoms with van der Waals surface area (Å²) in [4.78, 5) is 21.5. The van der Waals surface area contributed by atoms with Crippen LogP contribution < -0.4 is 9.84 Å². The van der Waals surface area contributed by atoms with Crippen LogP contribution in [-0.2, 0) is 16.4 Å². The third kappa shape index (κ3) is 3.05. The van der Waals surface area contributed by atoms with Gasteiger partial charge in [0.1, 0.15) is 0 Å². The topological polar surface area (TPSA) is 110 Å². The van der Waals surface area contributed by atoms with Crippen molar-refractivity contribution in [3.8, 4) is 5.82 Å². The number of nitrogens with one attached hydrogen (secondary N) is 1. The number of nitrogens with zero attached hydrogens (tertiary/aromatic N) is 5. The zero-order valence-corrected chi connectivity index (χ0v) is 16.4. The summed E-state index contributed by atoms with van der Waals surface area (Å²) in [6.45, 7) is 0. The minimum absolute atomic E-state index is 0.224. The molecule has 29 heavy (non-hydrogen) atoms. The van der Waals surface area contributed by atoms with E-state index in [2.05, 4.69) is 20.5 Å². The smallest absolute Gasteiger partial charge is 0.265 e. The first kappa shape index (κ1) is 17.8. The first-order valence-electron chi connectivity index (χ1n) is 9.18. The van der Waals surface area contributed by atoms with Crippen LogP contribution in [0.25, 0.3) is 5.82 Å². The maximum absolute atomic E-state index is 13.1. The maximum atomic E-state index is 13.1. The molecule has 2 aliphatic rings. The molecule has 1 N–H and O–H groups in total. The van der Waals surface area contributed by atoms with E-state index < -0.39 is 15.9 Å². The lowest BCUT2D eigenvalue weighted by molar-refractivity contribution is 0.0949. The molecule has 5 rings (SSSR count). The molecule has 0 aliphatic heterocycles. The fourth-order valence-corrected chi connectivity index (χ4v) is 4.67. The first-order valence-corrected chi connectivity index (χ1v) is 11.0. The van der Waals surface area contributed by atoms with Gasteiger partial charge in [-0.15, -0.1) is 0 Å². The van der Waals surface area contributed by atoms with Crippen molar-refractivity contribution in [2.24, 2.45) is 5.92 Å². The van der Waals surface area contributed by atoms with Crippen molar-refractivity contribution in [3.05, 3.63) is 65.9 Å². The van der Waals surface area contributed by atoms with E-state index in [1.807, 2.05) is 0 Å². The zero-order valence-electron chi connectivity index (χ0n) is 15.6. The first-order chi connectivity index (χ1) is 13.9. The molecule has 0 radical (unpaired) electrons. The standard InChI is InChI=1S/C19H18N6O3S/c1-29(27,28)25(13-5-3-2-4-6-13)23-19(26)17-15-10-12-9-14(12)18(15)24(22-17)16-11-20-7-8-21-16/h2-8,11-12,14H,9-10H2,1H3,(H,23,26)/t12-,14-/m1/s1. The van der Waals surface area contributed by atoms with Crippen molar-refractivity contribution in [2.45, 2.75) is 18.8 Å². The highest BCUT2D eigenvalue weighted by atomic mass is 32.2. The van der Waals surface area contributed by atoms with Crippen LogP contribution in [0, 0.1) is 5.92 Å². The Bertz CT molecular complexity index is 1190. The summed E-state index contributed by atoms with van der Waals surface area (Å²) in [5, 5.41) is 4.49. The Kier molecular flexibility index (Phi) is 3.91. The number of hydrazine groups is 1. The number of anilines is 1. The van der Waals surface area contributed by atoms with Gasteiger partial charge >= 0.3 is 0 Å². The second-order valence-corrected chi connectivity index (χ2v) is 9.13. The molecule has 2 aliphatic carbocycles. The van der Waals surface area contributed by atoms with Gasteiger partial charge in [-0.1, -0.05) is 18.2 Å². The van der Waals surface area contributed by atoms with E-state index >= 15 is 0 Å². The van der Waals surface area contributed by atoms with Gasteiger partial charge in [0.15, 0.2) is 11.5 Å². The summed E-state index contributed by atoms with van der Waals surface area (Å²) in [5.41, 5.74) is 4.91. The largest absolute Gasteiger partial charge is 0.291 e. The number of aromatic nitrogens is 4. The minimum atomic E-state index is -3.74. The summed E-state index contributed by atoms with van der Waals surface area (Å²) < 4.78 is 27.1. The molecule has 9 nitrogen and oxygen atoms in total. The van der Waals surface area contributed by atoms with Gasteiger partial charge in [0.25, 0.3) is 5.91 Å². The molecule has 0 spiro atoms. The monoisotopic (exact) mass is 410 g/mol. The Morgan fingerprint density at radius 1 is 1.24 bits per heavy atom. The number of carbonyl (C=O) groups excluding carboxylic acids is 1. The highest BCUT2D eigenvalue weighted by Crippen LogP contribution is 2.57. The van der Waals surface area contributed by atoms with Crippen LogP contribution in [0.15, 0.2) is 48.9 Å². The number of amides is 1. The van der Waals surface area contributed by atoms with Crippen molar-refractivity contribution < 1.29 is 13.2 Å². The normalized spacial score (nSPS) is 19.3. The SMILES string of the molecule is CS(=O)(=O)N(NC(=O)c1nn(-c2cnccn2)c2c1C[C@H]1C[C@@H]21)c1ccccc1. The number of sulfonamides is 1. The molecule has 0 bridgehead atoms. The van der Waals surface area contributed by atoms with Crippen molar-refractivity contribution in [1.82, 2.24) is 25.2 Å². The molecular formula is C19H18N6O3S. The summed E-state index contributed by atoms with van der Waals surface area (Å²) >= 11 is 0. The average molecular weight is 410 g/mol. The molecule has 10 heteroatoms. The summed E-state index contributed by atoms with van der Waals surface area (Å²) in [6, 6.07) is 8.40. The molecule has 1 aromatic carbocycles. The van der Waals surface area contributed by atoms with Gasteiger partial charge < -0.3 is 0 Å². The Morgan fingerprint density at radius 2 is 2.03 bits per heavy atom. The summed E-state index contributed by atoms with van der Waals surface area (Å²) in [5.74, 6) is 0.844. The predicted octanol–water partition coefficient (Wildman–Crippen LogP) is 1.43. The third-order valence-electron chi connectivity index (χ3n) is 5.27. The molecule has 1 fully saturated rings. The van der Waals surface area contributed by atoms with E-state index in [1.54, 1.807) is 53.6 Å². The number of para-hydroxylation sites is 1. The van der Waals surface area contributed by atoms with E-state index in [1.165, 1.54) is 0 Å². The van der Waals surface area contributed by atoms with Gasteiger partial charge in [-0.05, 0) is 30.9 Å². The minimum Gasteiger partial charge on any atom is -0.265 e. The molecule has 0 unspecified atom stereocenters. The highest BCUT2D eigenvalue weighted by Gasteiger charge is 2.50. The maximum Gasteiger partial charge on any atom is 0.291 e. The fourth-order valence-electron chi connectivity index (χ4n) is 3.92. The number of rotatable bonds is 5. The Hall–Kier alpha value is -3.27. The molecule has 1 saturated carbocycles. The lowest BCUT2D eigenvalue weighted by atomic mass is 10.1. The molecule has 2 aromatic heterocycles. The average Bonchev–Trinajstić information content (AvgIpc) is 3.21. The predicted molar refractivity (Wildman–Crippen MR) is 105 cm³/mol. The van der Waals surface area contributed by atoms with E-state index in [4.69, 9.17) is 0 Å². The number of carbonyl (C=O) groups is 1. The van der Waals surface area contributed by atoms with Crippen molar-refractivity contribution in [1.29, 1.82) is 0 Å². The highest BCUT2D eigenvalue weighted by molar-refractivity contribution is 7.92. The van der Waals surface area contributed by atoms with E-state index in [-0.39, 0.29) is 5.69 Å². The number of hydrogen-bond acceptors (Lipinski definition) is 6. The lowest BCUT2D eigenvalue weighted by Crippen LogP contribution is -2.46. The second kappa shape index (κ2) is 6.38. The summed E-state index contributed by atoms with van der Waals surface area (Å²) in [7, 11) is -3.74. The van der Waals surface area contributed by atoms with Crippen LogP contribution >= 0.6 is 0 Å². The molecule has 1 amide bonds. The van der Waals surface area contributed by atoms with Crippen LogP contribution in [0.4, 0.5) is 5.69 Å². The van der Waals surface area contributed by atoms with Gasteiger partial charge in [-0.3, -0.25) is 9.78 Å². The zero-order chi connectivity index (χ0) is 20.2. The fraction of sp³-hybridized carbons (Fsp3) is 0.263. The Labute approximate surface area is 167 Å². The molecular weight excluding hydrogens is 392 g/mol. The van der Waals surface area contributed by atoms with Crippen molar-refractivity contribution in [2.75, 3.05) is 10.7 Å². The molecule has 148 valence electrons. The van der Waals surface area contributed by atoms with E-state index in [0.29, 0.717) is 23.3 Å². The number of benzene rings is 1. The molecule has 3 aromatic rings. The van der Waals surface area contributed by atoms with Gasteiger partial charge in [0, 0.05) is 23.9 Å². The van der Waals surface area contributed by atoms with E-state index in [0.717, 1.165) is 34.8 Å². The molecule has 0 saturated heterocycles. The van der Waals surface area contributed by atoms with Gasteiger partial charge in [0.05, 0.1) is 23.8 Å². The van der Waals surface area contributed by atoms with Gasteiger partial charge in [-0.2, -0.15) is 9.51 Å². The van der Waals surface area contributed by atoms with Crippen LogP contribution in [-0.4, -0.2) is 40.3 Å². The summed E-state index contributed by atoms with van der Waals surface area (Å²) in [6.07, 6.45) is 7.61. The Morgan fingerprint density at radius 3 is 2.72 bits per heavy atom. The number of hydrogen-bond donors (Lipinski definition) is 1. The molecule has 2 heterocycles.